The summed E-state index contributed by atoms with van der Waals surface area (Å²) >= 11 is 5.95. The summed E-state index contributed by atoms with van der Waals surface area (Å²) in [5.74, 6) is 0. The predicted molar refractivity (Wildman–Crippen MR) is 220 cm³/mol. The Morgan fingerprint density at radius 3 is 1.31 bits per heavy atom. The zero-order valence-corrected chi connectivity index (χ0v) is 35.3. The molecule has 0 amide bonds. The summed E-state index contributed by atoms with van der Waals surface area (Å²) in [4.78, 5) is 15.8. The second kappa shape index (κ2) is 14.5. The van der Waals surface area contributed by atoms with Crippen LogP contribution < -0.4 is 0 Å². The van der Waals surface area contributed by atoms with Gasteiger partial charge < -0.3 is 20.0 Å². The smallest absolute Gasteiger partial charge is 0.178 e. The maximum Gasteiger partial charge on any atom is 0.178 e. The van der Waals surface area contributed by atoms with Gasteiger partial charge in [-0.1, -0.05) is 83.4 Å². The number of amidine groups is 2. The highest BCUT2D eigenvalue weighted by Crippen LogP contribution is 2.54. The number of hydrogen-bond donors (Lipinski definition) is 2. The van der Waals surface area contributed by atoms with Crippen molar-refractivity contribution in [1.82, 2.24) is 9.80 Å². The Labute approximate surface area is 333 Å². The Bertz CT molecular complexity index is 2240. The molecular formula is C38H40N4O6S6. The lowest BCUT2D eigenvalue weighted by atomic mass is 10.0. The number of rotatable bonds is 6. The minimum atomic E-state index is -3.45. The van der Waals surface area contributed by atoms with Crippen LogP contribution in [0.3, 0.4) is 0 Å². The molecule has 2 saturated heterocycles. The van der Waals surface area contributed by atoms with E-state index in [0.29, 0.717) is 33.8 Å². The lowest BCUT2D eigenvalue weighted by Crippen LogP contribution is -2.44. The van der Waals surface area contributed by atoms with Gasteiger partial charge in [0.1, 0.15) is 0 Å². The molecule has 284 valence electrons. The van der Waals surface area contributed by atoms with E-state index in [1.54, 1.807) is 50.1 Å². The summed E-state index contributed by atoms with van der Waals surface area (Å²) in [7, 11) is 0.0963. The molecule has 2 N–H and O–H groups in total. The van der Waals surface area contributed by atoms with E-state index in [4.69, 9.17) is 0 Å². The molecule has 10 nitrogen and oxygen atoms in total. The number of nitrogens with zero attached hydrogens (tertiary/aromatic N) is 4. The van der Waals surface area contributed by atoms with Crippen LogP contribution in [0.2, 0.25) is 0 Å². The Morgan fingerprint density at radius 1 is 0.648 bits per heavy atom. The lowest BCUT2D eigenvalue weighted by molar-refractivity contribution is -0.0501. The molecule has 0 radical (unpaired) electrons. The van der Waals surface area contributed by atoms with E-state index in [2.05, 4.69) is 9.98 Å². The highest BCUT2D eigenvalue weighted by molar-refractivity contribution is 8.15. The van der Waals surface area contributed by atoms with Gasteiger partial charge in [-0.15, -0.1) is 0 Å². The molecule has 4 aromatic rings. The number of sulfone groups is 2. The first kappa shape index (κ1) is 39.3. The van der Waals surface area contributed by atoms with Crippen molar-refractivity contribution in [2.75, 3.05) is 40.7 Å². The van der Waals surface area contributed by atoms with E-state index >= 15 is 0 Å². The molecule has 0 saturated carbocycles. The average molecular weight is 841 g/mol. The van der Waals surface area contributed by atoms with Gasteiger partial charge in [-0.2, -0.15) is 0 Å². The van der Waals surface area contributed by atoms with Crippen molar-refractivity contribution in [1.29, 1.82) is 0 Å². The fraction of sp³-hybridized carbons (Fsp3) is 0.316. The van der Waals surface area contributed by atoms with Crippen LogP contribution in [0, 0.1) is 0 Å². The number of hydrogen-bond acceptors (Lipinski definition) is 12. The third-order valence-corrected chi connectivity index (χ3v) is 17.6. The van der Waals surface area contributed by atoms with E-state index in [1.165, 1.54) is 59.6 Å². The molecule has 2 fully saturated rings. The topological polar surface area (TPSA) is 140 Å². The zero-order valence-electron chi connectivity index (χ0n) is 30.4. The van der Waals surface area contributed by atoms with Crippen LogP contribution in [0.4, 0.5) is 0 Å². The number of thioether (sulfide) groups is 2. The molecule has 2 heterocycles. The van der Waals surface area contributed by atoms with Crippen molar-refractivity contribution < 1.29 is 27.0 Å². The number of aliphatic imine (C=N–C) groups is 2. The van der Waals surface area contributed by atoms with Gasteiger partial charge in [0.25, 0.3) is 0 Å². The second-order valence-electron chi connectivity index (χ2n) is 13.5. The first-order valence-electron chi connectivity index (χ1n) is 16.9. The molecular weight excluding hydrogens is 801 g/mol. The van der Waals surface area contributed by atoms with Crippen LogP contribution in [-0.2, 0) is 44.0 Å². The molecule has 0 bridgehead atoms. The Balaban J connectivity index is 0.000000167. The van der Waals surface area contributed by atoms with Crippen molar-refractivity contribution in [3.63, 3.8) is 0 Å². The van der Waals surface area contributed by atoms with Crippen molar-refractivity contribution >= 4 is 77.1 Å². The van der Waals surface area contributed by atoms with Crippen LogP contribution in [0.1, 0.15) is 22.3 Å². The summed E-state index contributed by atoms with van der Waals surface area (Å²) < 4.78 is 50.0. The minimum absolute atomic E-state index is 0.0967. The molecule has 4 atom stereocenters. The fourth-order valence-electron chi connectivity index (χ4n) is 7.38. The van der Waals surface area contributed by atoms with Crippen molar-refractivity contribution in [2.24, 2.45) is 9.98 Å². The Kier molecular flexibility index (Phi) is 10.6. The first-order chi connectivity index (χ1) is 25.5. The zero-order chi connectivity index (χ0) is 38.8. The van der Waals surface area contributed by atoms with E-state index in [1.807, 2.05) is 72.8 Å². The highest BCUT2D eigenvalue weighted by atomic mass is 32.2. The monoisotopic (exact) mass is 840 g/mol. The molecule has 4 unspecified atom stereocenters. The molecule has 54 heavy (non-hydrogen) atoms. The van der Waals surface area contributed by atoms with Gasteiger partial charge >= 0.3 is 0 Å². The van der Waals surface area contributed by atoms with Crippen molar-refractivity contribution in [3.05, 3.63) is 107 Å². The number of aliphatic hydroxyl groups is 2. The standard InChI is InChI=1S/2C19H20N2O3S3/c2*1-20-18-21(2)19(22)14-11-16(27(3,23)24)15(9-12(14)10-17(19)26-18)25-13-7-5-4-6-8-13/h2*4-9,11,17,22H,10H2,1-3H3/b2*20-18-. The highest BCUT2D eigenvalue weighted by Gasteiger charge is 2.57. The van der Waals surface area contributed by atoms with E-state index < -0.39 is 31.1 Å². The maximum atomic E-state index is 12.5. The van der Waals surface area contributed by atoms with E-state index in [0.717, 1.165) is 31.3 Å². The van der Waals surface area contributed by atoms with Crippen molar-refractivity contribution in [2.45, 2.75) is 64.2 Å². The lowest BCUT2D eigenvalue weighted by Gasteiger charge is -2.32. The Hall–Kier alpha value is -2.96. The van der Waals surface area contributed by atoms with Crippen LogP contribution in [0.5, 0.6) is 0 Å². The minimum Gasteiger partial charge on any atom is -0.366 e. The van der Waals surface area contributed by atoms with Crippen LogP contribution >= 0.6 is 47.0 Å². The normalized spacial score (nSPS) is 25.7. The molecule has 2 aliphatic heterocycles. The molecule has 0 aromatic heterocycles. The third-order valence-electron chi connectivity index (χ3n) is 10.1. The summed E-state index contributed by atoms with van der Waals surface area (Å²) in [6.07, 6.45) is 3.77. The predicted octanol–water partition coefficient (Wildman–Crippen LogP) is 5.95. The average Bonchev–Trinajstić information content (AvgIpc) is 3.74. The third kappa shape index (κ3) is 6.80. The SMILES string of the molecule is C/N=C1\SC2Cc3cc(Sc4ccccc4)c(S(C)(=O)=O)cc3C2(O)N1C.C/N=C1\SC2Cc3cc(Sc4ccccc4)c(S(C)(=O)=O)cc3C2(O)N1C. The van der Waals surface area contributed by atoms with Crippen LogP contribution in [-0.4, -0.2) is 98.4 Å². The molecule has 2 aliphatic carbocycles. The fourth-order valence-corrected chi connectivity index (χ4v) is 14.6. The van der Waals surface area contributed by atoms with Gasteiger partial charge in [0.05, 0.1) is 20.3 Å². The molecule has 4 aliphatic rings. The van der Waals surface area contributed by atoms with Gasteiger partial charge in [0.2, 0.25) is 0 Å². The second-order valence-corrected chi connectivity index (χ2v) is 22.0. The molecule has 16 heteroatoms. The van der Waals surface area contributed by atoms with Crippen LogP contribution in [0.25, 0.3) is 0 Å². The molecule has 0 spiro atoms. The Morgan fingerprint density at radius 2 is 1.00 bits per heavy atom. The summed E-state index contributed by atoms with van der Waals surface area (Å²) in [5.41, 5.74) is 0.845. The maximum absolute atomic E-state index is 12.5. The quantitative estimate of drug-likeness (QED) is 0.237. The van der Waals surface area contributed by atoms with Gasteiger partial charge in [-0.3, -0.25) is 9.98 Å². The van der Waals surface area contributed by atoms with E-state index in [-0.39, 0.29) is 20.3 Å². The first-order valence-corrected chi connectivity index (χ1v) is 24.1. The molecule has 4 aromatic carbocycles. The summed E-state index contributed by atoms with van der Waals surface area (Å²) in [5, 5.41) is 24.2. The van der Waals surface area contributed by atoms with E-state index in [9.17, 15) is 27.0 Å². The number of benzene rings is 4. The van der Waals surface area contributed by atoms with Gasteiger partial charge in [-0.05, 0) is 72.5 Å². The largest absolute Gasteiger partial charge is 0.366 e. The van der Waals surface area contributed by atoms with Crippen LogP contribution in [0.15, 0.2) is 124 Å². The summed E-state index contributed by atoms with van der Waals surface area (Å²) in [6.45, 7) is 0. The van der Waals surface area contributed by atoms with Gasteiger partial charge in [0.15, 0.2) is 41.5 Å². The van der Waals surface area contributed by atoms with Gasteiger partial charge in [0, 0.05) is 71.4 Å². The van der Waals surface area contributed by atoms with Gasteiger partial charge in [-0.25, -0.2) is 16.8 Å². The summed E-state index contributed by atoms with van der Waals surface area (Å²) in [6, 6.07) is 26.6. The van der Waals surface area contributed by atoms with Crippen molar-refractivity contribution in [3.8, 4) is 0 Å². The number of fused-ring (bicyclic) bond motifs is 6. The molecule has 8 rings (SSSR count).